The Morgan fingerprint density at radius 1 is 0.611 bits per heavy atom. The maximum Gasteiger partial charge on any atom is 0.0665 e. The molecule has 1 atom stereocenters. The van der Waals surface area contributed by atoms with Gasteiger partial charge in [-0.3, -0.25) is 4.99 Å². The molecule has 0 aromatic heterocycles. The lowest BCUT2D eigenvalue weighted by atomic mass is 9.87. The van der Waals surface area contributed by atoms with Crippen LogP contribution < -0.4 is 0 Å². The Labute approximate surface area is 214 Å². The van der Waals surface area contributed by atoms with Crippen LogP contribution in [0.4, 0.5) is 5.69 Å². The fourth-order valence-electron chi connectivity index (χ4n) is 5.48. The van der Waals surface area contributed by atoms with E-state index < -0.39 is 0 Å². The van der Waals surface area contributed by atoms with E-state index in [2.05, 4.69) is 121 Å². The Morgan fingerprint density at radius 3 is 2.19 bits per heavy atom. The van der Waals surface area contributed by atoms with Gasteiger partial charge in [0.15, 0.2) is 0 Å². The third-order valence-corrected chi connectivity index (χ3v) is 7.49. The van der Waals surface area contributed by atoms with Crippen LogP contribution in [0.15, 0.2) is 126 Å². The fourth-order valence-corrected chi connectivity index (χ4v) is 5.48. The van der Waals surface area contributed by atoms with E-state index in [1.54, 1.807) is 0 Å². The first-order valence-corrected chi connectivity index (χ1v) is 13.1. The van der Waals surface area contributed by atoms with Crippen LogP contribution in [0.3, 0.4) is 0 Å². The molecule has 0 radical (unpaired) electrons. The minimum Gasteiger partial charge on any atom is -0.253 e. The molecule has 0 bridgehead atoms. The van der Waals surface area contributed by atoms with E-state index in [1.807, 2.05) is 0 Å². The zero-order valence-electron chi connectivity index (χ0n) is 20.6. The smallest absolute Gasteiger partial charge is 0.0665 e. The van der Waals surface area contributed by atoms with E-state index in [0.717, 1.165) is 37.8 Å². The topological polar surface area (TPSA) is 12.4 Å². The molecule has 1 heteroatoms. The van der Waals surface area contributed by atoms with Crippen LogP contribution in [0.1, 0.15) is 46.6 Å². The minimum atomic E-state index is 0.513. The van der Waals surface area contributed by atoms with Crippen molar-refractivity contribution in [3.05, 3.63) is 149 Å². The first-order chi connectivity index (χ1) is 17.8. The Kier molecular flexibility index (Phi) is 6.46. The first-order valence-electron chi connectivity index (χ1n) is 13.1. The third-order valence-electron chi connectivity index (χ3n) is 7.49. The molecule has 0 saturated carbocycles. The number of para-hydroxylation sites is 1. The summed E-state index contributed by atoms with van der Waals surface area (Å²) < 4.78 is 0. The number of benzene rings is 5. The number of aryl methyl sites for hydroxylation is 2. The molecule has 1 unspecified atom stereocenters. The van der Waals surface area contributed by atoms with Gasteiger partial charge in [-0.05, 0) is 88.7 Å². The number of hydrogen-bond acceptors (Lipinski definition) is 1. The van der Waals surface area contributed by atoms with Gasteiger partial charge in [-0.1, -0.05) is 109 Å². The molecular weight excluding hydrogens is 434 g/mol. The molecule has 1 heterocycles. The lowest BCUT2D eigenvalue weighted by Gasteiger charge is -2.18. The third kappa shape index (κ3) is 5.02. The number of rotatable bonds is 7. The van der Waals surface area contributed by atoms with Gasteiger partial charge >= 0.3 is 0 Å². The van der Waals surface area contributed by atoms with Crippen molar-refractivity contribution in [2.75, 3.05) is 0 Å². The predicted octanol–water partition coefficient (Wildman–Crippen LogP) is 8.87. The van der Waals surface area contributed by atoms with Gasteiger partial charge in [-0.2, -0.15) is 0 Å². The van der Waals surface area contributed by atoms with E-state index >= 15 is 0 Å². The summed E-state index contributed by atoms with van der Waals surface area (Å²) in [5, 5.41) is 2.61. The van der Waals surface area contributed by atoms with Crippen molar-refractivity contribution in [2.24, 2.45) is 4.99 Å². The summed E-state index contributed by atoms with van der Waals surface area (Å²) in [6, 6.07) is 44.2. The summed E-state index contributed by atoms with van der Waals surface area (Å²) in [6.45, 7) is 0. The molecular formula is C35H31N. The molecule has 176 valence electrons. The highest BCUT2D eigenvalue weighted by molar-refractivity contribution is 6.05. The first kappa shape index (κ1) is 22.5. The van der Waals surface area contributed by atoms with Crippen molar-refractivity contribution < 1.29 is 0 Å². The number of aliphatic imine (C=N–C) groups is 1. The Bertz CT molecular complexity index is 1500. The van der Waals surface area contributed by atoms with Gasteiger partial charge in [0.2, 0.25) is 0 Å². The van der Waals surface area contributed by atoms with Crippen LogP contribution in [0, 0.1) is 0 Å². The van der Waals surface area contributed by atoms with Crippen LogP contribution in [-0.4, -0.2) is 5.71 Å². The maximum atomic E-state index is 4.97. The van der Waals surface area contributed by atoms with Crippen LogP contribution in [0.5, 0.6) is 0 Å². The highest BCUT2D eigenvalue weighted by atomic mass is 14.8. The molecule has 1 aliphatic heterocycles. The number of nitrogens with zero attached hydrogens (tertiary/aromatic N) is 1. The largest absolute Gasteiger partial charge is 0.253 e. The molecule has 5 aromatic rings. The number of fused-ring (bicyclic) bond motifs is 2. The fraction of sp³-hybridized carbons (Fsp3) is 0.171. The van der Waals surface area contributed by atoms with Crippen molar-refractivity contribution in [1.29, 1.82) is 0 Å². The lowest BCUT2D eigenvalue weighted by Crippen LogP contribution is -2.07. The zero-order valence-corrected chi connectivity index (χ0v) is 20.6. The summed E-state index contributed by atoms with van der Waals surface area (Å²) in [7, 11) is 0. The molecule has 1 nitrogen and oxygen atoms in total. The molecule has 36 heavy (non-hydrogen) atoms. The van der Waals surface area contributed by atoms with Crippen molar-refractivity contribution >= 4 is 22.2 Å². The summed E-state index contributed by atoms with van der Waals surface area (Å²) in [4.78, 5) is 4.97. The Morgan fingerprint density at radius 2 is 1.33 bits per heavy atom. The second kappa shape index (κ2) is 10.3. The molecule has 5 aromatic carbocycles. The SMILES string of the molecule is c1ccc(CC(CCc2ccc3cc(C4=Nc5ccccc5CC4)ccc3c2)c2ccccc2)cc1. The van der Waals surface area contributed by atoms with Crippen molar-refractivity contribution in [2.45, 2.75) is 38.0 Å². The molecule has 0 amide bonds. The standard InChI is InChI=1S/C35H31N/c1-3-9-26(10-4-1)23-30(28-11-5-2-6-12-28)17-15-27-16-18-32-25-33(20-19-31(32)24-27)35-22-21-29-13-7-8-14-34(29)36-35/h1-14,16,18-20,24-25,30H,15,17,21-23H2. The minimum absolute atomic E-state index is 0.513. The molecule has 0 saturated heterocycles. The van der Waals surface area contributed by atoms with Gasteiger partial charge in [-0.15, -0.1) is 0 Å². The molecule has 6 rings (SSSR count). The van der Waals surface area contributed by atoms with E-state index in [-0.39, 0.29) is 0 Å². The summed E-state index contributed by atoms with van der Waals surface area (Å²) in [5.41, 5.74) is 9.17. The van der Waals surface area contributed by atoms with Gasteiger partial charge in [0.25, 0.3) is 0 Å². The normalized spacial score (nSPS) is 13.7. The molecule has 0 spiro atoms. The Balaban J connectivity index is 1.20. The van der Waals surface area contributed by atoms with E-state index in [1.165, 1.54) is 44.3 Å². The Hall–Kier alpha value is -3.97. The average molecular weight is 466 g/mol. The maximum absolute atomic E-state index is 4.97. The highest BCUT2D eigenvalue weighted by Gasteiger charge is 2.15. The van der Waals surface area contributed by atoms with Gasteiger partial charge in [0, 0.05) is 5.71 Å². The molecule has 1 aliphatic rings. The van der Waals surface area contributed by atoms with Gasteiger partial charge in [0.1, 0.15) is 0 Å². The van der Waals surface area contributed by atoms with Crippen LogP contribution in [0.2, 0.25) is 0 Å². The van der Waals surface area contributed by atoms with Crippen LogP contribution in [-0.2, 0) is 19.3 Å². The second-order valence-corrected chi connectivity index (χ2v) is 9.92. The molecule has 0 fully saturated rings. The average Bonchev–Trinajstić information content (AvgIpc) is 2.95. The van der Waals surface area contributed by atoms with Crippen molar-refractivity contribution in [3.8, 4) is 0 Å². The van der Waals surface area contributed by atoms with E-state index in [0.29, 0.717) is 5.92 Å². The lowest BCUT2D eigenvalue weighted by molar-refractivity contribution is 0.621. The van der Waals surface area contributed by atoms with Crippen molar-refractivity contribution in [3.63, 3.8) is 0 Å². The van der Waals surface area contributed by atoms with Crippen LogP contribution >= 0.6 is 0 Å². The molecule has 0 aliphatic carbocycles. The summed E-state index contributed by atoms with van der Waals surface area (Å²) in [5.74, 6) is 0.513. The monoisotopic (exact) mass is 465 g/mol. The van der Waals surface area contributed by atoms with Crippen LogP contribution in [0.25, 0.3) is 10.8 Å². The second-order valence-electron chi connectivity index (χ2n) is 9.92. The van der Waals surface area contributed by atoms with Gasteiger partial charge in [-0.25, -0.2) is 0 Å². The molecule has 0 N–H and O–H groups in total. The van der Waals surface area contributed by atoms with Gasteiger partial charge in [0.05, 0.1) is 5.69 Å². The number of hydrogen-bond donors (Lipinski definition) is 0. The quantitative estimate of drug-likeness (QED) is 0.228. The van der Waals surface area contributed by atoms with E-state index in [4.69, 9.17) is 4.99 Å². The van der Waals surface area contributed by atoms with E-state index in [9.17, 15) is 0 Å². The van der Waals surface area contributed by atoms with Crippen molar-refractivity contribution in [1.82, 2.24) is 0 Å². The zero-order chi connectivity index (χ0) is 24.2. The highest BCUT2D eigenvalue weighted by Crippen LogP contribution is 2.30. The summed E-state index contributed by atoms with van der Waals surface area (Å²) >= 11 is 0. The van der Waals surface area contributed by atoms with Gasteiger partial charge < -0.3 is 0 Å². The summed E-state index contributed by atoms with van der Waals surface area (Å²) in [6.07, 6.45) is 5.36. The predicted molar refractivity (Wildman–Crippen MR) is 153 cm³/mol.